The Bertz CT molecular complexity index is 664. The van der Waals surface area contributed by atoms with Crippen LogP contribution in [0.4, 0.5) is 10.5 Å². The minimum Gasteiger partial charge on any atom is -0.466 e. The number of benzene rings is 1. The molecule has 23 heavy (non-hydrogen) atoms. The van der Waals surface area contributed by atoms with Crippen molar-refractivity contribution in [3.63, 3.8) is 0 Å². The van der Waals surface area contributed by atoms with E-state index in [2.05, 4.69) is 10.6 Å². The van der Waals surface area contributed by atoms with Crippen molar-refractivity contribution in [3.8, 4) is 0 Å². The highest BCUT2D eigenvalue weighted by atomic mass is 16.5. The summed E-state index contributed by atoms with van der Waals surface area (Å²) in [5, 5.41) is 5.82. The van der Waals surface area contributed by atoms with Crippen molar-refractivity contribution in [2.45, 2.75) is 40.3 Å². The Labute approximate surface area is 137 Å². The van der Waals surface area contributed by atoms with Gasteiger partial charge in [0.25, 0.3) is 0 Å². The lowest BCUT2D eigenvalue weighted by atomic mass is 10.1. The molecule has 2 amide bonds. The van der Waals surface area contributed by atoms with Gasteiger partial charge in [-0.25, -0.2) is 4.79 Å². The molecule has 2 rings (SSSR count). The smallest absolute Gasteiger partial charge is 0.319 e. The summed E-state index contributed by atoms with van der Waals surface area (Å²) in [6, 6.07) is 9.19. The van der Waals surface area contributed by atoms with Crippen LogP contribution in [-0.4, -0.2) is 12.6 Å². The third kappa shape index (κ3) is 4.60. The van der Waals surface area contributed by atoms with Crippen LogP contribution < -0.4 is 10.6 Å². The molecule has 1 heterocycles. The van der Waals surface area contributed by atoms with Gasteiger partial charge in [0.2, 0.25) is 0 Å². The average molecular weight is 316 g/mol. The zero-order chi connectivity index (χ0) is 16.8. The van der Waals surface area contributed by atoms with E-state index in [4.69, 9.17) is 9.15 Å². The summed E-state index contributed by atoms with van der Waals surface area (Å²) in [6.45, 7) is 8.78. The van der Waals surface area contributed by atoms with Crippen LogP contribution in [0.2, 0.25) is 0 Å². The second-order valence-corrected chi connectivity index (χ2v) is 5.48. The number of hydrogen-bond donors (Lipinski definition) is 2. The number of carbonyl (C=O) groups excluding carboxylic acids is 1. The number of para-hydroxylation sites is 1. The molecule has 0 aliphatic heterocycles. The first-order valence-corrected chi connectivity index (χ1v) is 7.81. The normalized spacial score (nSPS) is 12.0. The predicted octanol–water partition coefficient (Wildman–Crippen LogP) is 4.32. The fourth-order valence-electron chi connectivity index (χ4n) is 2.49. The van der Waals surface area contributed by atoms with Gasteiger partial charge in [-0.15, -0.1) is 0 Å². The molecule has 0 saturated carbocycles. The van der Waals surface area contributed by atoms with Gasteiger partial charge in [-0.05, 0) is 39.8 Å². The number of furan rings is 1. The molecule has 124 valence electrons. The molecule has 5 nitrogen and oxygen atoms in total. The zero-order valence-electron chi connectivity index (χ0n) is 14.1. The third-order valence-electron chi connectivity index (χ3n) is 3.62. The summed E-state index contributed by atoms with van der Waals surface area (Å²) < 4.78 is 10.9. The highest BCUT2D eigenvalue weighted by molar-refractivity contribution is 5.90. The van der Waals surface area contributed by atoms with Crippen molar-refractivity contribution < 1.29 is 13.9 Å². The van der Waals surface area contributed by atoms with E-state index in [0.717, 1.165) is 28.3 Å². The van der Waals surface area contributed by atoms with E-state index in [9.17, 15) is 4.79 Å². The van der Waals surface area contributed by atoms with Gasteiger partial charge in [-0.2, -0.15) is 0 Å². The van der Waals surface area contributed by atoms with Crippen molar-refractivity contribution >= 4 is 11.7 Å². The highest BCUT2D eigenvalue weighted by Gasteiger charge is 2.15. The standard InChI is InChI=1S/C18H24N2O3/c1-5-22-11-15-8-6-7-9-17(15)20-18(21)19-13(3)16-10-12(2)23-14(16)4/h6-10,13H,5,11H2,1-4H3,(H2,19,20,21). The van der Waals surface area contributed by atoms with E-state index in [1.54, 1.807) is 0 Å². The molecular weight excluding hydrogens is 292 g/mol. The number of hydrogen-bond acceptors (Lipinski definition) is 3. The molecule has 1 atom stereocenters. The quantitative estimate of drug-likeness (QED) is 0.834. The number of urea groups is 1. The molecule has 5 heteroatoms. The number of anilines is 1. The van der Waals surface area contributed by atoms with Crippen LogP contribution in [0, 0.1) is 13.8 Å². The number of amides is 2. The van der Waals surface area contributed by atoms with Crippen LogP contribution in [0.1, 0.15) is 42.5 Å². The lowest BCUT2D eigenvalue weighted by Crippen LogP contribution is -2.31. The maximum atomic E-state index is 12.2. The van der Waals surface area contributed by atoms with Gasteiger partial charge < -0.3 is 19.8 Å². The molecule has 1 aromatic heterocycles. The van der Waals surface area contributed by atoms with Crippen molar-refractivity contribution in [2.24, 2.45) is 0 Å². The van der Waals surface area contributed by atoms with Gasteiger partial charge in [-0.3, -0.25) is 0 Å². The molecule has 2 N–H and O–H groups in total. The maximum Gasteiger partial charge on any atom is 0.319 e. The average Bonchev–Trinajstić information content (AvgIpc) is 2.85. The molecule has 0 bridgehead atoms. The van der Waals surface area contributed by atoms with Crippen LogP contribution >= 0.6 is 0 Å². The lowest BCUT2D eigenvalue weighted by molar-refractivity contribution is 0.134. The lowest BCUT2D eigenvalue weighted by Gasteiger charge is -2.16. The van der Waals surface area contributed by atoms with E-state index < -0.39 is 0 Å². The van der Waals surface area contributed by atoms with Gasteiger partial charge in [0.05, 0.1) is 12.6 Å². The van der Waals surface area contributed by atoms with Crippen molar-refractivity contribution in [2.75, 3.05) is 11.9 Å². The first kappa shape index (κ1) is 17.1. The molecule has 0 aliphatic rings. The Morgan fingerprint density at radius 2 is 2.04 bits per heavy atom. The number of carbonyl (C=O) groups is 1. The molecule has 1 aromatic carbocycles. The van der Waals surface area contributed by atoms with Crippen LogP contribution in [0.15, 0.2) is 34.7 Å². The van der Waals surface area contributed by atoms with E-state index >= 15 is 0 Å². The van der Waals surface area contributed by atoms with Gasteiger partial charge in [0, 0.05) is 23.4 Å². The van der Waals surface area contributed by atoms with Gasteiger partial charge in [0.15, 0.2) is 0 Å². The van der Waals surface area contributed by atoms with E-state index in [1.807, 2.05) is 58.0 Å². The second-order valence-electron chi connectivity index (χ2n) is 5.48. The molecule has 0 spiro atoms. The Morgan fingerprint density at radius 1 is 1.30 bits per heavy atom. The number of ether oxygens (including phenoxy) is 1. The van der Waals surface area contributed by atoms with E-state index in [-0.39, 0.29) is 12.1 Å². The largest absolute Gasteiger partial charge is 0.466 e. The summed E-state index contributed by atoms with van der Waals surface area (Å²) in [5.41, 5.74) is 2.69. The Balaban J connectivity index is 2.01. The molecular formula is C18H24N2O3. The monoisotopic (exact) mass is 316 g/mol. The van der Waals surface area contributed by atoms with Crippen LogP contribution in [-0.2, 0) is 11.3 Å². The minimum atomic E-state index is -0.250. The van der Waals surface area contributed by atoms with Crippen molar-refractivity contribution in [1.82, 2.24) is 5.32 Å². The van der Waals surface area contributed by atoms with Gasteiger partial charge in [-0.1, -0.05) is 18.2 Å². The molecule has 2 aromatic rings. The molecule has 0 radical (unpaired) electrons. The molecule has 1 unspecified atom stereocenters. The summed E-state index contributed by atoms with van der Waals surface area (Å²) in [5.74, 6) is 1.67. The zero-order valence-corrected chi connectivity index (χ0v) is 14.1. The fourth-order valence-corrected chi connectivity index (χ4v) is 2.49. The summed E-state index contributed by atoms with van der Waals surface area (Å²) >= 11 is 0. The first-order chi connectivity index (χ1) is 11.0. The van der Waals surface area contributed by atoms with Crippen molar-refractivity contribution in [3.05, 3.63) is 53.0 Å². The fraction of sp³-hybridized carbons (Fsp3) is 0.389. The summed E-state index contributed by atoms with van der Waals surface area (Å²) in [7, 11) is 0. The topological polar surface area (TPSA) is 63.5 Å². The summed E-state index contributed by atoms with van der Waals surface area (Å²) in [4.78, 5) is 12.2. The second kappa shape index (κ2) is 7.83. The van der Waals surface area contributed by atoms with Crippen LogP contribution in [0.3, 0.4) is 0 Å². The predicted molar refractivity (Wildman–Crippen MR) is 90.5 cm³/mol. The van der Waals surface area contributed by atoms with E-state index in [0.29, 0.717) is 13.2 Å². The molecule has 0 saturated heterocycles. The van der Waals surface area contributed by atoms with Gasteiger partial charge in [0.1, 0.15) is 11.5 Å². The van der Waals surface area contributed by atoms with Crippen LogP contribution in [0.25, 0.3) is 0 Å². The summed E-state index contributed by atoms with van der Waals surface area (Å²) in [6.07, 6.45) is 0. The van der Waals surface area contributed by atoms with E-state index in [1.165, 1.54) is 0 Å². The third-order valence-corrected chi connectivity index (χ3v) is 3.62. The van der Waals surface area contributed by atoms with Crippen LogP contribution in [0.5, 0.6) is 0 Å². The number of rotatable bonds is 6. The molecule has 0 aliphatic carbocycles. The first-order valence-electron chi connectivity index (χ1n) is 7.81. The SMILES string of the molecule is CCOCc1ccccc1NC(=O)NC(C)c1cc(C)oc1C. The minimum absolute atomic E-state index is 0.133. The Kier molecular flexibility index (Phi) is 5.82. The molecule has 0 fully saturated rings. The Hall–Kier alpha value is -2.27. The number of aryl methyl sites for hydroxylation is 2. The Morgan fingerprint density at radius 3 is 2.70 bits per heavy atom. The van der Waals surface area contributed by atoms with Gasteiger partial charge >= 0.3 is 6.03 Å². The highest BCUT2D eigenvalue weighted by Crippen LogP contribution is 2.21. The maximum absolute atomic E-state index is 12.2. The number of nitrogens with one attached hydrogen (secondary N) is 2. The van der Waals surface area contributed by atoms with Crippen molar-refractivity contribution in [1.29, 1.82) is 0 Å².